The highest BCUT2D eigenvalue weighted by atomic mass is 127. The standard InChI is InChI=1S/H2I3NSi/c1-5(2,3)4/h4H2. The van der Waals surface area contributed by atoms with Gasteiger partial charge in [0.25, 0.3) is 0 Å². The fraction of sp³-hybridized carbons (Fsp3) is 0. The second-order valence-corrected chi connectivity index (χ2v) is 35.5. The summed E-state index contributed by atoms with van der Waals surface area (Å²) in [5, 5.41) is 5.45. The van der Waals surface area contributed by atoms with Gasteiger partial charge in [0.1, 0.15) is 0 Å². The predicted octanol–water partition coefficient (Wildman–Crippen LogP) is 1.69. The molecule has 0 bridgehead atoms. The molecular weight excluding hydrogens is 423 g/mol. The van der Waals surface area contributed by atoms with E-state index in [1.807, 2.05) is 0 Å². The molecule has 0 radical (unpaired) electrons. The lowest BCUT2D eigenvalue weighted by Crippen LogP contribution is -2.20. The van der Waals surface area contributed by atoms with Gasteiger partial charge in [-0.15, -0.1) is 0 Å². The Morgan fingerprint density at radius 1 is 1.20 bits per heavy atom. The smallest absolute Gasteiger partial charge is 0.323 e. The maximum atomic E-state index is 5.45. The molecule has 0 aromatic rings. The average molecular weight is 425 g/mol. The number of hydrogen-bond donors (Lipinski definition) is 1. The summed E-state index contributed by atoms with van der Waals surface area (Å²) in [5.74, 6) is 0. The molecule has 5 heteroatoms. The third kappa shape index (κ3) is 21.7. The first-order chi connectivity index (χ1) is 2.00. The van der Waals surface area contributed by atoms with Crippen molar-refractivity contribution in [1.29, 1.82) is 0 Å². The van der Waals surface area contributed by atoms with E-state index >= 15 is 0 Å². The summed E-state index contributed by atoms with van der Waals surface area (Å²) in [6.45, 7) is 0. The predicted molar refractivity (Wildman–Crippen MR) is 52.0 cm³/mol. The molecule has 0 aliphatic rings. The van der Waals surface area contributed by atoms with Crippen LogP contribution in [0.15, 0.2) is 0 Å². The SMILES string of the molecule is N[Si](I)(I)I. The Kier molecular flexibility index (Phi) is 3.86. The van der Waals surface area contributed by atoms with E-state index in [0.29, 0.717) is 0 Å². The summed E-state index contributed by atoms with van der Waals surface area (Å²) >= 11 is 6.80. The molecule has 1 nitrogen and oxygen atoms in total. The van der Waals surface area contributed by atoms with E-state index in [4.69, 9.17) is 5.40 Å². The van der Waals surface area contributed by atoms with Gasteiger partial charge in [-0.2, -0.15) is 0 Å². The Balaban J connectivity index is 3.02. The molecule has 0 aliphatic carbocycles. The van der Waals surface area contributed by atoms with E-state index < -0.39 is 0.725 Å². The van der Waals surface area contributed by atoms with Crippen molar-refractivity contribution in [2.75, 3.05) is 0 Å². The summed E-state index contributed by atoms with van der Waals surface area (Å²) in [7, 11) is 0. The molecule has 0 aromatic carbocycles. The average Bonchev–Trinajstić information content (AvgIpc) is 0.722. The van der Waals surface area contributed by atoms with Crippen LogP contribution in [0.3, 0.4) is 0 Å². The van der Waals surface area contributed by atoms with Crippen molar-refractivity contribution in [3.8, 4) is 0 Å². The third-order valence-electron chi connectivity index (χ3n) is 0. The van der Waals surface area contributed by atoms with Gasteiger partial charge >= 0.3 is 0.725 Å². The molecule has 0 aliphatic heterocycles. The highest BCUT2D eigenvalue weighted by Crippen LogP contribution is 2.21. The van der Waals surface area contributed by atoms with Crippen LogP contribution in [0.5, 0.6) is 0 Å². The van der Waals surface area contributed by atoms with E-state index in [9.17, 15) is 0 Å². The Morgan fingerprint density at radius 3 is 1.20 bits per heavy atom. The second kappa shape index (κ2) is 2.62. The topological polar surface area (TPSA) is 26.0 Å². The van der Waals surface area contributed by atoms with Crippen LogP contribution in [0, 0.1) is 0 Å². The maximum Gasteiger partial charge on any atom is 0.323 e. The molecule has 0 atom stereocenters. The highest BCUT2D eigenvalue weighted by molar-refractivity contribution is 14.4. The summed E-state index contributed by atoms with van der Waals surface area (Å²) in [4.78, 5) is 0. The Hall–Kier alpha value is 2.37. The summed E-state index contributed by atoms with van der Waals surface area (Å²) in [5.41, 5.74) is 0. The first-order valence-electron chi connectivity index (χ1n) is 0.856. The Morgan fingerprint density at radius 2 is 1.20 bits per heavy atom. The van der Waals surface area contributed by atoms with Crippen LogP contribution < -0.4 is 5.40 Å². The Bertz CT molecular complexity index is 22.4. The zero-order chi connectivity index (χ0) is 4.50. The van der Waals surface area contributed by atoms with Crippen LogP contribution in [-0.2, 0) is 0 Å². The molecule has 0 fully saturated rings. The van der Waals surface area contributed by atoms with Crippen LogP contribution in [0.25, 0.3) is 0 Å². The molecule has 0 spiro atoms. The van der Waals surface area contributed by atoms with Gasteiger partial charge in [-0.1, -0.05) is 65.4 Å². The second-order valence-electron chi connectivity index (χ2n) is 0.542. The van der Waals surface area contributed by atoms with Crippen molar-refractivity contribution < 1.29 is 0 Å². The minimum atomic E-state index is -1.20. The first kappa shape index (κ1) is 7.37. The number of nitrogens with two attached hydrogens (primary N) is 1. The van der Waals surface area contributed by atoms with Crippen molar-refractivity contribution in [1.82, 2.24) is 0 Å². The summed E-state index contributed by atoms with van der Waals surface area (Å²) < 4.78 is -1.20. The molecule has 32 valence electrons. The largest absolute Gasteiger partial charge is 0.328 e. The molecule has 0 saturated carbocycles. The molecule has 0 rings (SSSR count). The van der Waals surface area contributed by atoms with Gasteiger partial charge in [-0.25, -0.2) is 0 Å². The molecule has 0 heterocycles. The molecule has 0 aromatic heterocycles. The lowest BCUT2D eigenvalue weighted by atomic mass is 13.9. The minimum Gasteiger partial charge on any atom is -0.328 e. The monoisotopic (exact) mass is 425 g/mol. The van der Waals surface area contributed by atoms with Gasteiger partial charge in [-0.3, -0.25) is 0 Å². The summed E-state index contributed by atoms with van der Waals surface area (Å²) in [6, 6.07) is 0. The van der Waals surface area contributed by atoms with Gasteiger partial charge < -0.3 is 5.40 Å². The van der Waals surface area contributed by atoms with Gasteiger partial charge in [0, 0.05) is 0 Å². The van der Waals surface area contributed by atoms with Gasteiger partial charge in [0.05, 0.1) is 0 Å². The number of halogens is 3. The third-order valence-corrected chi connectivity index (χ3v) is 0. The summed E-state index contributed by atoms with van der Waals surface area (Å²) in [6.07, 6.45) is 0. The molecule has 0 unspecified atom stereocenters. The van der Waals surface area contributed by atoms with E-state index in [1.54, 1.807) is 0 Å². The minimum absolute atomic E-state index is 1.20. The van der Waals surface area contributed by atoms with Gasteiger partial charge in [-0.05, 0) is 0 Å². The normalized spacial score (nSPS) is 12.0. The van der Waals surface area contributed by atoms with Crippen LogP contribution in [-0.4, -0.2) is 0.725 Å². The zero-order valence-electron chi connectivity index (χ0n) is 2.21. The highest BCUT2D eigenvalue weighted by Gasteiger charge is 2.11. The van der Waals surface area contributed by atoms with E-state index in [2.05, 4.69) is 65.4 Å². The maximum absolute atomic E-state index is 5.45. The lowest BCUT2D eigenvalue weighted by molar-refractivity contribution is 1.98. The molecule has 0 saturated heterocycles. The van der Waals surface area contributed by atoms with Crippen LogP contribution in [0.1, 0.15) is 0 Å². The number of hydrogen-bond acceptors (Lipinski definition) is 1. The van der Waals surface area contributed by atoms with E-state index in [-0.39, 0.29) is 0 Å². The van der Waals surface area contributed by atoms with Crippen LogP contribution in [0.4, 0.5) is 0 Å². The Labute approximate surface area is 70.2 Å². The van der Waals surface area contributed by atoms with Crippen molar-refractivity contribution in [2.24, 2.45) is 5.40 Å². The van der Waals surface area contributed by atoms with Gasteiger partial charge in [0.15, 0.2) is 0 Å². The molecule has 0 amide bonds. The first-order valence-corrected chi connectivity index (χ1v) is 12.3. The fourth-order valence-corrected chi connectivity index (χ4v) is 0. The van der Waals surface area contributed by atoms with Crippen molar-refractivity contribution in [3.63, 3.8) is 0 Å². The van der Waals surface area contributed by atoms with E-state index in [0.717, 1.165) is 0 Å². The molecule has 2 N–H and O–H groups in total. The fourth-order valence-electron chi connectivity index (χ4n) is 0. The van der Waals surface area contributed by atoms with Gasteiger partial charge in [0.2, 0.25) is 0 Å². The quantitative estimate of drug-likeness (QED) is 0.357. The van der Waals surface area contributed by atoms with Crippen molar-refractivity contribution in [3.05, 3.63) is 0 Å². The van der Waals surface area contributed by atoms with Crippen LogP contribution in [0.2, 0.25) is 0 Å². The number of rotatable bonds is 0. The van der Waals surface area contributed by atoms with Crippen molar-refractivity contribution >= 4 is 66.1 Å². The van der Waals surface area contributed by atoms with E-state index in [1.165, 1.54) is 0 Å². The molecular formula is H2I3NSi. The van der Waals surface area contributed by atoms with Crippen LogP contribution >= 0.6 is 65.4 Å². The zero-order valence-corrected chi connectivity index (χ0v) is 9.68. The molecule has 5 heavy (non-hydrogen) atoms. The lowest BCUT2D eigenvalue weighted by Gasteiger charge is -1.92. The van der Waals surface area contributed by atoms with Crippen molar-refractivity contribution in [2.45, 2.75) is 0 Å².